The monoisotopic (exact) mass is 394 g/mol. The number of nitrogens with one attached hydrogen (secondary N) is 1. The second-order valence-corrected chi connectivity index (χ2v) is 7.30. The van der Waals surface area contributed by atoms with Crippen LogP contribution < -0.4 is 10.2 Å². The van der Waals surface area contributed by atoms with Gasteiger partial charge in [-0.15, -0.1) is 11.3 Å². The lowest BCUT2D eigenvalue weighted by atomic mass is 10.2. The lowest BCUT2D eigenvalue weighted by Gasteiger charge is -2.37. The molecule has 0 radical (unpaired) electrons. The minimum atomic E-state index is -0.146. The Balaban J connectivity index is 1.54. The van der Waals surface area contributed by atoms with Crippen molar-refractivity contribution >= 4 is 44.0 Å². The van der Waals surface area contributed by atoms with Crippen LogP contribution in [0.15, 0.2) is 40.3 Å². The van der Waals surface area contributed by atoms with Crippen LogP contribution in [0.5, 0.6) is 0 Å². The summed E-state index contributed by atoms with van der Waals surface area (Å²) in [6.45, 7) is 5.51. The zero-order chi connectivity index (χ0) is 16.2. The molecule has 0 bridgehead atoms. The zero-order valence-corrected chi connectivity index (χ0v) is 15.3. The molecule has 1 aromatic heterocycles. The van der Waals surface area contributed by atoms with Crippen molar-refractivity contribution in [3.05, 3.63) is 40.3 Å². The smallest absolute Gasteiger partial charge is 0.241 e. The molecule has 7 heteroatoms. The largest absolute Gasteiger partial charge is 0.346 e. The summed E-state index contributed by atoms with van der Waals surface area (Å²) in [5.41, 5.74) is 0.817. The molecule has 2 heterocycles. The first-order valence-electron chi connectivity index (χ1n) is 7.58. The van der Waals surface area contributed by atoms with Gasteiger partial charge in [-0.25, -0.2) is 4.98 Å². The SMILES string of the molecule is C[C@H](C(=O)Nc1cccc(Br)c1)N1CCN(c2nccs2)CC1. The van der Waals surface area contributed by atoms with Crippen LogP contribution in [0.25, 0.3) is 0 Å². The van der Waals surface area contributed by atoms with Crippen LogP contribution >= 0.6 is 27.3 Å². The van der Waals surface area contributed by atoms with Gasteiger partial charge in [0, 0.05) is 47.9 Å². The molecule has 0 aliphatic carbocycles. The molecule has 0 saturated carbocycles. The maximum atomic E-state index is 12.4. The van der Waals surface area contributed by atoms with Gasteiger partial charge >= 0.3 is 0 Å². The summed E-state index contributed by atoms with van der Waals surface area (Å²) in [7, 11) is 0. The summed E-state index contributed by atoms with van der Waals surface area (Å²) >= 11 is 5.08. The molecule has 1 aliphatic rings. The molecule has 1 fully saturated rings. The Morgan fingerprint density at radius 1 is 1.35 bits per heavy atom. The number of thiazole rings is 1. The van der Waals surface area contributed by atoms with Crippen molar-refractivity contribution in [2.24, 2.45) is 0 Å². The molecule has 1 amide bonds. The van der Waals surface area contributed by atoms with Crippen LogP contribution in [0.2, 0.25) is 0 Å². The molecule has 0 unspecified atom stereocenters. The fraction of sp³-hybridized carbons (Fsp3) is 0.375. The van der Waals surface area contributed by atoms with E-state index in [0.717, 1.165) is 41.5 Å². The van der Waals surface area contributed by atoms with E-state index >= 15 is 0 Å². The van der Waals surface area contributed by atoms with Crippen LogP contribution in [0, 0.1) is 0 Å². The van der Waals surface area contributed by atoms with Crippen molar-refractivity contribution in [3.8, 4) is 0 Å². The fourth-order valence-corrected chi connectivity index (χ4v) is 3.75. The van der Waals surface area contributed by atoms with Gasteiger partial charge in [-0.1, -0.05) is 22.0 Å². The Labute approximate surface area is 148 Å². The van der Waals surface area contributed by atoms with E-state index in [9.17, 15) is 4.79 Å². The highest BCUT2D eigenvalue weighted by molar-refractivity contribution is 9.10. The molecule has 1 saturated heterocycles. The maximum absolute atomic E-state index is 12.4. The molecular formula is C16H19BrN4OS. The summed E-state index contributed by atoms with van der Waals surface area (Å²) in [5, 5.41) is 6.05. The number of piperazine rings is 1. The lowest BCUT2D eigenvalue weighted by Crippen LogP contribution is -2.52. The van der Waals surface area contributed by atoms with Gasteiger partial charge in [0.15, 0.2) is 5.13 Å². The van der Waals surface area contributed by atoms with E-state index in [1.54, 1.807) is 11.3 Å². The first-order valence-corrected chi connectivity index (χ1v) is 9.25. The number of nitrogens with zero attached hydrogens (tertiary/aromatic N) is 3. The molecule has 23 heavy (non-hydrogen) atoms. The standard InChI is InChI=1S/C16H19BrN4OS/c1-12(15(22)19-14-4-2-3-13(17)11-14)20-6-8-21(9-7-20)16-18-5-10-23-16/h2-5,10-12H,6-9H2,1H3,(H,19,22)/t12-/m1/s1. The number of carbonyl (C=O) groups excluding carboxylic acids is 1. The van der Waals surface area contributed by atoms with Crippen molar-refractivity contribution in [1.29, 1.82) is 0 Å². The summed E-state index contributed by atoms with van der Waals surface area (Å²) in [6.07, 6.45) is 1.83. The fourth-order valence-electron chi connectivity index (χ4n) is 2.65. The molecule has 1 atom stereocenters. The Hall–Kier alpha value is -1.44. The first kappa shape index (κ1) is 16.4. The van der Waals surface area contributed by atoms with Gasteiger partial charge < -0.3 is 10.2 Å². The van der Waals surface area contributed by atoms with E-state index in [-0.39, 0.29) is 11.9 Å². The Kier molecular flexibility index (Phi) is 5.30. The third-order valence-electron chi connectivity index (χ3n) is 4.02. The number of hydrogen-bond acceptors (Lipinski definition) is 5. The van der Waals surface area contributed by atoms with Crippen LogP contribution in [-0.2, 0) is 4.79 Å². The van der Waals surface area contributed by atoms with Gasteiger partial charge in [0.2, 0.25) is 5.91 Å². The summed E-state index contributed by atoms with van der Waals surface area (Å²) in [5.74, 6) is 0.0331. The van der Waals surface area contributed by atoms with Crippen molar-refractivity contribution in [3.63, 3.8) is 0 Å². The third kappa shape index (κ3) is 4.10. The van der Waals surface area contributed by atoms with E-state index in [0.29, 0.717) is 0 Å². The second kappa shape index (κ2) is 7.42. The molecule has 122 valence electrons. The molecule has 1 aliphatic heterocycles. The van der Waals surface area contributed by atoms with E-state index in [1.807, 2.05) is 42.8 Å². The first-order chi connectivity index (χ1) is 11.1. The highest BCUT2D eigenvalue weighted by atomic mass is 79.9. The molecule has 3 rings (SSSR count). The van der Waals surface area contributed by atoms with E-state index < -0.39 is 0 Å². The minimum Gasteiger partial charge on any atom is -0.346 e. The predicted molar refractivity (Wildman–Crippen MR) is 98.1 cm³/mol. The highest BCUT2D eigenvalue weighted by Gasteiger charge is 2.26. The third-order valence-corrected chi connectivity index (χ3v) is 5.35. The van der Waals surface area contributed by atoms with Crippen LogP contribution in [0.1, 0.15) is 6.92 Å². The number of aromatic nitrogens is 1. The van der Waals surface area contributed by atoms with Crippen LogP contribution in [0.3, 0.4) is 0 Å². The highest BCUT2D eigenvalue weighted by Crippen LogP contribution is 2.20. The van der Waals surface area contributed by atoms with Gasteiger partial charge in [0.05, 0.1) is 6.04 Å². The van der Waals surface area contributed by atoms with Crippen molar-refractivity contribution in [1.82, 2.24) is 9.88 Å². The number of rotatable bonds is 4. The Bertz CT molecular complexity index is 656. The number of carbonyl (C=O) groups is 1. The number of hydrogen-bond donors (Lipinski definition) is 1. The number of halogens is 1. The number of anilines is 2. The summed E-state index contributed by atoms with van der Waals surface area (Å²) in [4.78, 5) is 21.3. The van der Waals surface area contributed by atoms with Gasteiger partial charge in [0.25, 0.3) is 0 Å². The molecule has 2 aromatic rings. The Morgan fingerprint density at radius 3 is 2.78 bits per heavy atom. The van der Waals surface area contributed by atoms with E-state index in [4.69, 9.17) is 0 Å². The minimum absolute atomic E-state index is 0.0331. The van der Waals surface area contributed by atoms with Crippen LogP contribution in [-0.4, -0.2) is 48.0 Å². The quantitative estimate of drug-likeness (QED) is 0.865. The van der Waals surface area contributed by atoms with E-state index in [1.165, 1.54) is 0 Å². The van der Waals surface area contributed by atoms with E-state index in [2.05, 4.69) is 36.0 Å². The average molecular weight is 395 g/mol. The van der Waals surface area contributed by atoms with Gasteiger partial charge in [0.1, 0.15) is 0 Å². The number of benzene rings is 1. The van der Waals surface area contributed by atoms with Crippen molar-refractivity contribution < 1.29 is 4.79 Å². The van der Waals surface area contributed by atoms with Gasteiger partial charge in [-0.3, -0.25) is 9.69 Å². The molecule has 1 N–H and O–H groups in total. The van der Waals surface area contributed by atoms with Crippen LogP contribution in [0.4, 0.5) is 10.8 Å². The second-order valence-electron chi connectivity index (χ2n) is 5.51. The topological polar surface area (TPSA) is 48.5 Å². The predicted octanol–water partition coefficient (Wildman–Crippen LogP) is 3.05. The number of amides is 1. The summed E-state index contributed by atoms with van der Waals surface area (Å²) < 4.78 is 0.958. The van der Waals surface area contributed by atoms with Crippen molar-refractivity contribution in [2.45, 2.75) is 13.0 Å². The molecule has 5 nitrogen and oxygen atoms in total. The van der Waals surface area contributed by atoms with Gasteiger partial charge in [-0.2, -0.15) is 0 Å². The lowest BCUT2D eigenvalue weighted by molar-refractivity contribution is -0.120. The molecule has 1 aromatic carbocycles. The molecular weight excluding hydrogens is 376 g/mol. The average Bonchev–Trinajstić information content (AvgIpc) is 3.09. The zero-order valence-electron chi connectivity index (χ0n) is 12.9. The molecule has 0 spiro atoms. The van der Waals surface area contributed by atoms with Gasteiger partial charge in [-0.05, 0) is 25.1 Å². The van der Waals surface area contributed by atoms with Crippen molar-refractivity contribution in [2.75, 3.05) is 36.4 Å². The Morgan fingerprint density at radius 2 is 2.13 bits per heavy atom. The maximum Gasteiger partial charge on any atom is 0.241 e. The summed E-state index contributed by atoms with van der Waals surface area (Å²) in [6, 6.07) is 7.52. The normalized spacial score (nSPS) is 17.0.